The van der Waals surface area contributed by atoms with Crippen LogP contribution in [0.5, 0.6) is 0 Å². The number of carbonyl (C=O) groups excluding carboxylic acids is 2. The lowest BCUT2D eigenvalue weighted by atomic mass is 9.92. The number of piperazine rings is 2. The van der Waals surface area contributed by atoms with Gasteiger partial charge in [0.05, 0.1) is 11.4 Å². The largest absolute Gasteiger partial charge is 0.336 e. The maximum Gasteiger partial charge on any atom is 0.324 e. The van der Waals surface area contributed by atoms with Crippen molar-refractivity contribution < 1.29 is 9.59 Å². The molecular formula is C40H52N8O2. The number of aryl methyl sites for hydroxylation is 2. The van der Waals surface area contributed by atoms with Crippen LogP contribution in [0.3, 0.4) is 0 Å². The van der Waals surface area contributed by atoms with E-state index >= 15 is 0 Å². The summed E-state index contributed by atoms with van der Waals surface area (Å²) in [6, 6.07) is 24.1. The third-order valence-electron chi connectivity index (χ3n) is 9.78. The normalized spacial score (nSPS) is 16.4. The second-order valence-electron chi connectivity index (χ2n) is 15.0. The zero-order valence-corrected chi connectivity index (χ0v) is 30.5. The lowest BCUT2D eigenvalue weighted by molar-refractivity contribution is 0.0628. The second-order valence-corrected chi connectivity index (χ2v) is 15.0. The predicted molar refractivity (Wildman–Crippen MR) is 201 cm³/mol. The summed E-state index contributed by atoms with van der Waals surface area (Å²) in [4.78, 5) is 35.9. The Bertz CT molecular complexity index is 1790. The van der Waals surface area contributed by atoms with Crippen LogP contribution in [0.2, 0.25) is 0 Å². The lowest BCUT2D eigenvalue weighted by Gasteiger charge is -2.35. The highest BCUT2D eigenvalue weighted by Gasteiger charge is 2.24. The first kappa shape index (κ1) is 35.3. The van der Waals surface area contributed by atoms with Crippen LogP contribution >= 0.6 is 0 Å². The van der Waals surface area contributed by atoms with Gasteiger partial charge in [-0.1, -0.05) is 62.7 Å². The van der Waals surface area contributed by atoms with E-state index in [1.807, 2.05) is 67.3 Å². The summed E-state index contributed by atoms with van der Waals surface area (Å²) in [7, 11) is 2.17. The molecule has 0 radical (unpaired) electrons. The average Bonchev–Trinajstić information content (AvgIpc) is 3.52. The van der Waals surface area contributed by atoms with E-state index in [-0.39, 0.29) is 17.4 Å². The lowest BCUT2D eigenvalue weighted by Crippen LogP contribution is -2.48. The molecule has 0 atom stereocenters. The highest BCUT2D eigenvalue weighted by Crippen LogP contribution is 2.27. The van der Waals surface area contributed by atoms with Crippen molar-refractivity contribution in [3.05, 3.63) is 106 Å². The van der Waals surface area contributed by atoms with Gasteiger partial charge in [0.2, 0.25) is 0 Å². The van der Waals surface area contributed by atoms with Gasteiger partial charge in [-0.25, -0.2) is 9.48 Å². The van der Waals surface area contributed by atoms with Crippen LogP contribution in [0.4, 0.5) is 16.3 Å². The Balaban J connectivity index is 1.02. The summed E-state index contributed by atoms with van der Waals surface area (Å²) in [5.74, 6) is 0.729. The summed E-state index contributed by atoms with van der Waals surface area (Å²) < 4.78 is 1.79. The highest BCUT2D eigenvalue weighted by atomic mass is 16.2. The SMILES string of the molecule is Cc1ccc(-n2nc(C(C)(C)C)cc2NC(=O)Nc2ccc(CN3CCN(C(=O)c4cccc(CN5CCN(C)CC5)c4)CC3)cc2C)cc1. The molecule has 2 N–H and O–H groups in total. The first-order valence-corrected chi connectivity index (χ1v) is 17.8. The van der Waals surface area contributed by atoms with Crippen LogP contribution in [0.25, 0.3) is 5.69 Å². The van der Waals surface area contributed by atoms with E-state index < -0.39 is 0 Å². The predicted octanol–water partition coefficient (Wildman–Crippen LogP) is 6.14. The van der Waals surface area contributed by atoms with E-state index in [4.69, 9.17) is 5.10 Å². The molecule has 0 saturated carbocycles. The number of likely N-dealkylation sites (N-methyl/N-ethyl adjacent to an activating group) is 1. The summed E-state index contributed by atoms with van der Waals surface area (Å²) >= 11 is 0. The van der Waals surface area contributed by atoms with Crippen LogP contribution in [0.1, 0.15) is 59.1 Å². The van der Waals surface area contributed by atoms with Crippen LogP contribution < -0.4 is 10.6 Å². The van der Waals surface area contributed by atoms with Crippen molar-refractivity contribution in [3.8, 4) is 5.69 Å². The molecule has 50 heavy (non-hydrogen) atoms. The molecule has 3 heterocycles. The molecule has 10 heteroatoms. The molecule has 3 amide bonds. The van der Waals surface area contributed by atoms with Gasteiger partial charge in [0, 0.05) is 88.2 Å². The molecule has 0 aliphatic carbocycles. The minimum Gasteiger partial charge on any atom is -0.336 e. The number of aromatic nitrogens is 2. The van der Waals surface area contributed by atoms with Gasteiger partial charge < -0.3 is 15.1 Å². The fourth-order valence-electron chi connectivity index (χ4n) is 6.57. The van der Waals surface area contributed by atoms with Gasteiger partial charge in [0.25, 0.3) is 5.91 Å². The van der Waals surface area contributed by atoms with Crippen LogP contribution in [-0.2, 0) is 18.5 Å². The third-order valence-corrected chi connectivity index (χ3v) is 9.78. The summed E-state index contributed by atoms with van der Waals surface area (Å²) in [5.41, 5.74) is 7.68. The maximum atomic E-state index is 13.4. The molecule has 2 fully saturated rings. The van der Waals surface area contributed by atoms with Gasteiger partial charge in [-0.3, -0.25) is 19.9 Å². The first-order chi connectivity index (χ1) is 23.9. The number of rotatable bonds is 8. The van der Waals surface area contributed by atoms with Crippen molar-refractivity contribution in [1.82, 2.24) is 29.4 Å². The topological polar surface area (TPSA) is 89.0 Å². The number of benzene rings is 3. The van der Waals surface area contributed by atoms with Crippen LogP contribution in [0, 0.1) is 13.8 Å². The average molecular weight is 677 g/mol. The van der Waals surface area contributed by atoms with E-state index in [0.717, 1.165) is 86.1 Å². The third kappa shape index (κ3) is 8.79. The number of amides is 3. The van der Waals surface area contributed by atoms with Crippen molar-refractivity contribution in [3.63, 3.8) is 0 Å². The standard InChI is InChI=1S/C40H52N8O2/c1-29-10-13-34(14-11-29)48-37(26-36(43-48)40(3,4)5)42-39(50)41-35-15-12-32(24-30(35)2)28-46-20-22-47(23-21-46)38(49)33-9-7-8-31(25-33)27-45-18-16-44(6)17-19-45/h7-15,24-26H,16-23,27-28H2,1-6H3,(H2,41,42,50). The molecule has 6 rings (SSSR count). The molecule has 4 aromatic rings. The fraction of sp³-hybridized carbons (Fsp3) is 0.425. The quantitative estimate of drug-likeness (QED) is 0.233. The first-order valence-electron chi connectivity index (χ1n) is 17.8. The van der Waals surface area contributed by atoms with Crippen molar-refractivity contribution in [2.24, 2.45) is 0 Å². The number of anilines is 2. The Morgan fingerprint density at radius 1 is 0.740 bits per heavy atom. The molecule has 10 nitrogen and oxygen atoms in total. The van der Waals surface area contributed by atoms with E-state index in [1.54, 1.807) is 4.68 Å². The van der Waals surface area contributed by atoms with E-state index in [9.17, 15) is 9.59 Å². The molecule has 3 aromatic carbocycles. The van der Waals surface area contributed by atoms with Crippen molar-refractivity contribution in [2.75, 3.05) is 70.0 Å². The number of nitrogens with one attached hydrogen (secondary N) is 2. The van der Waals surface area contributed by atoms with Gasteiger partial charge in [0.1, 0.15) is 5.82 Å². The van der Waals surface area contributed by atoms with Gasteiger partial charge in [-0.05, 0) is 67.9 Å². The number of carbonyl (C=O) groups is 2. The van der Waals surface area contributed by atoms with E-state index in [1.165, 1.54) is 11.1 Å². The van der Waals surface area contributed by atoms with Gasteiger partial charge in [-0.2, -0.15) is 5.10 Å². The molecule has 2 aliphatic rings. The number of hydrogen-bond donors (Lipinski definition) is 2. The molecule has 264 valence electrons. The van der Waals surface area contributed by atoms with Gasteiger partial charge >= 0.3 is 6.03 Å². The monoisotopic (exact) mass is 676 g/mol. The molecule has 0 unspecified atom stereocenters. The molecule has 2 aliphatic heterocycles. The Morgan fingerprint density at radius 2 is 1.38 bits per heavy atom. The summed E-state index contributed by atoms with van der Waals surface area (Å²) in [6.45, 7) is 19.4. The Kier molecular flexibility index (Phi) is 10.7. The Morgan fingerprint density at radius 3 is 2.02 bits per heavy atom. The van der Waals surface area contributed by atoms with Crippen LogP contribution in [-0.4, -0.2) is 101 Å². The minimum atomic E-state index is -0.319. The van der Waals surface area contributed by atoms with Crippen molar-refractivity contribution in [1.29, 1.82) is 0 Å². The molecular weight excluding hydrogens is 624 g/mol. The van der Waals surface area contributed by atoms with E-state index in [0.29, 0.717) is 18.9 Å². The van der Waals surface area contributed by atoms with Crippen molar-refractivity contribution >= 4 is 23.4 Å². The number of hydrogen-bond acceptors (Lipinski definition) is 6. The molecule has 2 saturated heterocycles. The fourth-order valence-corrected chi connectivity index (χ4v) is 6.57. The number of nitrogens with zero attached hydrogens (tertiary/aromatic N) is 6. The molecule has 0 spiro atoms. The zero-order chi connectivity index (χ0) is 35.4. The van der Waals surface area contributed by atoms with Gasteiger partial charge in [-0.15, -0.1) is 0 Å². The summed E-state index contributed by atoms with van der Waals surface area (Å²) in [5, 5.41) is 10.9. The zero-order valence-electron chi connectivity index (χ0n) is 30.5. The summed E-state index contributed by atoms with van der Waals surface area (Å²) in [6.07, 6.45) is 0. The Labute approximate surface area is 297 Å². The highest BCUT2D eigenvalue weighted by molar-refractivity contribution is 6.00. The smallest absolute Gasteiger partial charge is 0.324 e. The van der Waals surface area contributed by atoms with Crippen molar-refractivity contribution in [2.45, 2.75) is 53.1 Å². The van der Waals surface area contributed by atoms with Crippen LogP contribution in [0.15, 0.2) is 72.8 Å². The maximum absolute atomic E-state index is 13.4. The molecule has 1 aromatic heterocycles. The van der Waals surface area contributed by atoms with Gasteiger partial charge in [0.15, 0.2) is 0 Å². The second kappa shape index (κ2) is 15.2. The van der Waals surface area contributed by atoms with E-state index in [2.05, 4.69) is 77.4 Å². The number of urea groups is 1. The minimum absolute atomic E-state index is 0.117. The molecule has 0 bridgehead atoms. The Hall–Kier alpha value is -4.51.